The number of halogens is 1. The van der Waals surface area contributed by atoms with Crippen LogP contribution in [0.3, 0.4) is 0 Å². The number of anilines is 4. The topological polar surface area (TPSA) is 32.8 Å². The first-order valence-electron chi connectivity index (χ1n) is 11.9. The standard InChI is InChI=1S/C30H31BrN2O2/c1-21(2)35-30(34)33(28-13-7-23(4)8-14-28)29-19-17-27(18-20-29)32(25-11-5-22(3)6-12-25)26-15-9-24(31)10-16-26/h5,7-11,13-21H,6,12H2,1-4H3. The monoisotopic (exact) mass is 530 g/mol. The van der Waals surface area contributed by atoms with Gasteiger partial charge in [-0.15, -0.1) is 0 Å². The lowest BCUT2D eigenvalue weighted by atomic mass is 10.0. The van der Waals surface area contributed by atoms with Crippen molar-refractivity contribution in [3.05, 3.63) is 106 Å². The minimum absolute atomic E-state index is 0.211. The van der Waals surface area contributed by atoms with Gasteiger partial charge in [0.05, 0.1) is 17.5 Å². The van der Waals surface area contributed by atoms with Gasteiger partial charge in [0.15, 0.2) is 0 Å². The lowest BCUT2D eigenvalue weighted by Gasteiger charge is -2.30. The Labute approximate surface area is 216 Å². The van der Waals surface area contributed by atoms with E-state index in [4.69, 9.17) is 4.74 Å². The van der Waals surface area contributed by atoms with E-state index >= 15 is 0 Å². The number of aryl methyl sites for hydroxylation is 1. The molecule has 1 amide bonds. The Hall–Kier alpha value is -3.31. The Kier molecular flexibility index (Phi) is 7.76. The molecule has 35 heavy (non-hydrogen) atoms. The number of carbonyl (C=O) groups is 1. The van der Waals surface area contributed by atoms with E-state index in [2.05, 4.69) is 76.3 Å². The number of nitrogens with zero attached hydrogens (tertiary/aromatic N) is 2. The summed E-state index contributed by atoms with van der Waals surface area (Å²) in [6, 6.07) is 24.3. The summed E-state index contributed by atoms with van der Waals surface area (Å²) in [7, 11) is 0. The fourth-order valence-electron chi connectivity index (χ4n) is 4.05. The van der Waals surface area contributed by atoms with Crippen molar-refractivity contribution < 1.29 is 9.53 Å². The highest BCUT2D eigenvalue weighted by Crippen LogP contribution is 2.36. The first-order valence-corrected chi connectivity index (χ1v) is 12.7. The molecule has 0 N–H and O–H groups in total. The molecule has 0 fully saturated rings. The molecule has 1 aliphatic rings. The van der Waals surface area contributed by atoms with Crippen molar-refractivity contribution in [2.24, 2.45) is 0 Å². The number of ether oxygens (including phenoxy) is 1. The third kappa shape index (κ3) is 6.04. The van der Waals surface area contributed by atoms with Gasteiger partial charge in [-0.2, -0.15) is 0 Å². The number of hydrogen-bond donors (Lipinski definition) is 0. The smallest absolute Gasteiger partial charge is 0.419 e. The van der Waals surface area contributed by atoms with Crippen LogP contribution >= 0.6 is 15.9 Å². The molecule has 1 aliphatic carbocycles. The maximum absolute atomic E-state index is 13.1. The molecule has 0 aromatic heterocycles. The number of allylic oxidation sites excluding steroid dienone is 4. The molecule has 0 unspecified atom stereocenters. The van der Waals surface area contributed by atoms with E-state index in [1.54, 1.807) is 4.90 Å². The molecule has 3 aromatic rings. The number of amides is 1. The van der Waals surface area contributed by atoms with Gasteiger partial charge in [0.1, 0.15) is 0 Å². The van der Waals surface area contributed by atoms with E-state index < -0.39 is 6.09 Å². The van der Waals surface area contributed by atoms with E-state index in [1.807, 2.05) is 57.2 Å². The van der Waals surface area contributed by atoms with Gasteiger partial charge in [0.25, 0.3) is 0 Å². The normalized spacial score (nSPS) is 13.2. The molecule has 0 heterocycles. The van der Waals surface area contributed by atoms with Crippen LogP contribution in [0, 0.1) is 6.92 Å². The number of carbonyl (C=O) groups excluding carboxylic acids is 1. The Morgan fingerprint density at radius 2 is 1.29 bits per heavy atom. The fraction of sp³-hybridized carbons (Fsp3) is 0.233. The molecule has 3 aromatic carbocycles. The zero-order valence-electron chi connectivity index (χ0n) is 20.7. The Balaban J connectivity index is 1.73. The largest absolute Gasteiger partial charge is 0.446 e. The highest BCUT2D eigenvalue weighted by atomic mass is 79.9. The van der Waals surface area contributed by atoms with Crippen molar-refractivity contribution in [3.63, 3.8) is 0 Å². The van der Waals surface area contributed by atoms with E-state index in [0.717, 1.165) is 45.6 Å². The minimum Gasteiger partial charge on any atom is -0.446 e. The van der Waals surface area contributed by atoms with Gasteiger partial charge in [-0.05, 0) is 107 Å². The minimum atomic E-state index is -0.392. The summed E-state index contributed by atoms with van der Waals surface area (Å²) in [5.41, 5.74) is 7.42. The first kappa shape index (κ1) is 24.8. The third-order valence-electron chi connectivity index (χ3n) is 5.89. The molecule has 180 valence electrons. The second-order valence-electron chi connectivity index (χ2n) is 9.10. The van der Waals surface area contributed by atoms with Crippen LogP contribution in [0.25, 0.3) is 0 Å². The zero-order valence-corrected chi connectivity index (χ0v) is 22.2. The second-order valence-corrected chi connectivity index (χ2v) is 10.0. The van der Waals surface area contributed by atoms with Gasteiger partial charge in [-0.1, -0.05) is 45.3 Å². The van der Waals surface area contributed by atoms with Crippen molar-refractivity contribution in [2.75, 3.05) is 9.80 Å². The third-order valence-corrected chi connectivity index (χ3v) is 6.41. The predicted molar refractivity (Wildman–Crippen MR) is 149 cm³/mol. The molecule has 0 aliphatic heterocycles. The maximum atomic E-state index is 13.1. The van der Waals surface area contributed by atoms with Crippen LogP contribution < -0.4 is 9.80 Å². The first-order chi connectivity index (χ1) is 16.8. The highest BCUT2D eigenvalue weighted by Gasteiger charge is 2.22. The van der Waals surface area contributed by atoms with E-state index in [-0.39, 0.29) is 6.10 Å². The average Bonchev–Trinajstić information content (AvgIpc) is 2.83. The van der Waals surface area contributed by atoms with Crippen molar-refractivity contribution in [2.45, 2.75) is 46.6 Å². The van der Waals surface area contributed by atoms with Crippen LogP contribution in [0.2, 0.25) is 0 Å². The molecule has 4 rings (SSSR count). The summed E-state index contributed by atoms with van der Waals surface area (Å²) in [5, 5.41) is 0. The molecule has 0 saturated heterocycles. The number of hydrogen-bond acceptors (Lipinski definition) is 3. The summed E-state index contributed by atoms with van der Waals surface area (Å²) in [6.45, 7) is 7.92. The van der Waals surface area contributed by atoms with Crippen LogP contribution in [0.1, 0.15) is 39.2 Å². The molecule has 0 atom stereocenters. The van der Waals surface area contributed by atoms with Crippen molar-refractivity contribution in [1.82, 2.24) is 0 Å². The lowest BCUT2D eigenvalue weighted by Crippen LogP contribution is -2.29. The quantitative estimate of drug-likeness (QED) is 0.318. The van der Waals surface area contributed by atoms with Crippen LogP contribution in [0.15, 0.2) is 101 Å². The summed E-state index contributed by atoms with van der Waals surface area (Å²) in [6.07, 6.45) is 5.80. The van der Waals surface area contributed by atoms with Gasteiger partial charge in [-0.25, -0.2) is 9.69 Å². The molecular weight excluding hydrogens is 500 g/mol. The molecular formula is C30H31BrN2O2. The van der Waals surface area contributed by atoms with Crippen LogP contribution in [0.5, 0.6) is 0 Å². The molecule has 0 saturated carbocycles. The number of rotatable bonds is 6. The van der Waals surface area contributed by atoms with Crippen LogP contribution in [0.4, 0.5) is 27.5 Å². The van der Waals surface area contributed by atoms with Crippen molar-refractivity contribution >= 4 is 44.8 Å². The van der Waals surface area contributed by atoms with Gasteiger partial charge in [0.2, 0.25) is 0 Å². The maximum Gasteiger partial charge on any atom is 0.419 e. The van der Waals surface area contributed by atoms with Gasteiger partial charge in [-0.3, -0.25) is 0 Å². The lowest BCUT2D eigenvalue weighted by molar-refractivity contribution is 0.125. The zero-order chi connectivity index (χ0) is 24.9. The summed E-state index contributed by atoms with van der Waals surface area (Å²) in [5.74, 6) is 0. The van der Waals surface area contributed by atoms with Crippen LogP contribution in [-0.4, -0.2) is 12.2 Å². The van der Waals surface area contributed by atoms with Gasteiger partial charge in [0, 0.05) is 21.5 Å². The Bertz CT molecular complexity index is 1230. The van der Waals surface area contributed by atoms with Gasteiger partial charge >= 0.3 is 6.09 Å². The Morgan fingerprint density at radius 3 is 1.80 bits per heavy atom. The second kappa shape index (κ2) is 11.0. The van der Waals surface area contributed by atoms with Gasteiger partial charge < -0.3 is 9.64 Å². The summed E-state index contributed by atoms with van der Waals surface area (Å²) < 4.78 is 6.62. The van der Waals surface area contributed by atoms with Crippen LogP contribution in [-0.2, 0) is 4.74 Å². The predicted octanol–water partition coefficient (Wildman–Crippen LogP) is 9.20. The van der Waals surface area contributed by atoms with E-state index in [0.29, 0.717) is 0 Å². The molecule has 0 spiro atoms. The number of benzene rings is 3. The SMILES string of the molecule is CC1=CC=C(N(c2ccc(Br)cc2)c2ccc(N(C(=O)OC(C)C)c3ccc(C)cc3)cc2)CC1. The van der Waals surface area contributed by atoms with E-state index in [1.165, 1.54) is 11.3 Å². The highest BCUT2D eigenvalue weighted by molar-refractivity contribution is 9.10. The summed E-state index contributed by atoms with van der Waals surface area (Å²) >= 11 is 3.55. The molecule has 0 radical (unpaired) electrons. The summed E-state index contributed by atoms with van der Waals surface area (Å²) in [4.78, 5) is 17.0. The average molecular weight is 531 g/mol. The van der Waals surface area contributed by atoms with Crippen molar-refractivity contribution in [1.29, 1.82) is 0 Å². The van der Waals surface area contributed by atoms with Crippen molar-refractivity contribution in [3.8, 4) is 0 Å². The van der Waals surface area contributed by atoms with E-state index in [9.17, 15) is 4.79 Å². The fourth-order valence-corrected chi connectivity index (χ4v) is 4.31. The molecule has 0 bridgehead atoms. The molecule has 4 nitrogen and oxygen atoms in total. The Morgan fingerprint density at radius 1 is 0.771 bits per heavy atom. The molecule has 5 heteroatoms.